The number of alkyl halides is 3. The van der Waals surface area contributed by atoms with Gasteiger partial charge < -0.3 is 10.2 Å². The summed E-state index contributed by atoms with van der Waals surface area (Å²) < 4.78 is 49.0. The van der Waals surface area contributed by atoms with E-state index in [0.717, 1.165) is 0 Å². The number of nitrogens with zero attached hydrogens (tertiary/aromatic N) is 2. The first-order valence-corrected chi connectivity index (χ1v) is 8.96. The summed E-state index contributed by atoms with van der Waals surface area (Å²) in [6.45, 7) is 1.26. The molecule has 1 unspecified atom stereocenters. The zero-order valence-corrected chi connectivity index (χ0v) is 13.5. The molecule has 1 aromatic carbocycles. The van der Waals surface area contributed by atoms with E-state index in [0.29, 0.717) is 17.4 Å². The van der Waals surface area contributed by atoms with Crippen LogP contribution in [0.4, 0.5) is 24.8 Å². The van der Waals surface area contributed by atoms with Crippen LogP contribution < -0.4 is 5.32 Å². The van der Waals surface area contributed by atoms with Crippen LogP contribution in [-0.4, -0.2) is 21.5 Å². The second-order valence-corrected chi connectivity index (χ2v) is 7.70. The second kappa shape index (κ2) is 6.47. The van der Waals surface area contributed by atoms with Crippen molar-refractivity contribution in [2.24, 2.45) is 0 Å². The van der Waals surface area contributed by atoms with Gasteiger partial charge in [0.2, 0.25) is 13.3 Å². The van der Waals surface area contributed by atoms with E-state index < -0.39 is 24.3 Å². The van der Waals surface area contributed by atoms with E-state index in [-0.39, 0.29) is 12.1 Å². The highest BCUT2D eigenvalue weighted by Gasteiger charge is 2.34. The van der Waals surface area contributed by atoms with Crippen molar-refractivity contribution in [3.63, 3.8) is 0 Å². The topological polar surface area (TPSA) is 75.1 Å². The van der Waals surface area contributed by atoms with E-state index in [1.807, 2.05) is 0 Å². The highest BCUT2D eigenvalue weighted by Crippen LogP contribution is 2.39. The molecule has 124 valence electrons. The fourth-order valence-electron chi connectivity index (χ4n) is 1.77. The van der Waals surface area contributed by atoms with Gasteiger partial charge in [0.1, 0.15) is 10.7 Å². The number of benzene rings is 1. The summed E-state index contributed by atoms with van der Waals surface area (Å²) in [5.74, 6) is -0.0842. The zero-order valence-electron chi connectivity index (χ0n) is 11.8. The van der Waals surface area contributed by atoms with Crippen molar-refractivity contribution in [2.45, 2.75) is 12.3 Å². The predicted octanol–water partition coefficient (Wildman–Crippen LogP) is 4.29. The minimum Gasteiger partial charge on any atom is -0.344 e. The Hall–Kier alpha value is -1.63. The van der Waals surface area contributed by atoms with Crippen LogP contribution in [0.1, 0.15) is 11.1 Å². The Morgan fingerprint density at radius 1 is 1.30 bits per heavy atom. The predicted molar refractivity (Wildman–Crippen MR) is 81.2 cm³/mol. The van der Waals surface area contributed by atoms with Crippen LogP contribution in [-0.2, 0) is 16.9 Å². The lowest BCUT2D eigenvalue weighted by molar-refractivity contribution is -0.137. The van der Waals surface area contributed by atoms with Gasteiger partial charge in [0.25, 0.3) is 0 Å². The maximum atomic E-state index is 12.6. The average Bonchev–Trinajstić information content (AvgIpc) is 2.38. The van der Waals surface area contributed by atoms with Crippen molar-refractivity contribution in [1.29, 1.82) is 0 Å². The van der Waals surface area contributed by atoms with Gasteiger partial charge >= 0.3 is 6.18 Å². The van der Waals surface area contributed by atoms with Crippen molar-refractivity contribution in [2.75, 3.05) is 12.0 Å². The number of hydrogen-bond donors (Lipinski definition) is 2. The fourth-order valence-corrected chi connectivity index (χ4v) is 2.90. The van der Waals surface area contributed by atoms with E-state index in [9.17, 15) is 22.6 Å². The molecule has 1 heterocycles. The van der Waals surface area contributed by atoms with Gasteiger partial charge in [-0.3, -0.25) is 4.57 Å². The highest BCUT2D eigenvalue weighted by molar-refractivity contribution is 7.56. The molecule has 0 aliphatic rings. The molecule has 1 atom stereocenters. The van der Waals surface area contributed by atoms with Crippen molar-refractivity contribution in [3.05, 3.63) is 46.7 Å². The quantitative estimate of drug-likeness (QED) is 0.624. The van der Waals surface area contributed by atoms with Gasteiger partial charge in [-0.1, -0.05) is 23.7 Å². The monoisotopic (exact) mass is 365 g/mol. The van der Waals surface area contributed by atoms with Crippen LogP contribution in [0.25, 0.3) is 0 Å². The van der Waals surface area contributed by atoms with Crippen LogP contribution >= 0.6 is 19.0 Å². The maximum Gasteiger partial charge on any atom is 0.420 e. The molecule has 0 aliphatic carbocycles. The van der Waals surface area contributed by atoms with Crippen molar-refractivity contribution in [3.8, 4) is 0 Å². The third-order valence-corrected chi connectivity index (χ3v) is 3.97. The molecular weight excluding hydrogens is 354 g/mol. The van der Waals surface area contributed by atoms with E-state index >= 15 is 0 Å². The molecule has 5 nitrogen and oxygen atoms in total. The van der Waals surface area contributed by atoms with Gasteiger partial charge in [0.05, 0.1) is 0 Å². The highest BCUT2D eigenvalue weighted by atomic mass is 35.5. The van der Waals surface area contributed by atoms with Gasteiger partial charge in [-0.15, -0.1) is 0 Å². The summed E-state index contributed by atoms with van der Waals surface area (Å²) in [5, 5.41) is 2.01. The molecule has 2 N–H and O–H groups in total. The molecule has 0 bridgehead atoms. The molecule has 0 saturated heterocycles. The Labute approximate surface area is 135 Å². The first-order valence-electron chi connectivity index (χ1n) is 6.29. The average molecular weight is 366 g/mol. The Bertz CT molecular complexity index is 747. The van der Waals surface area contributed by atoms with Crippen LogP contribution in [0, 0.1) is 0 Å². The molecule has 2 aromatic rings. The van der Waals surface area contributed by atoms with Crippen LogP contribution in [0.2, 0.25) is 5.15 Å². The number of aromatic nitrogens is 2. The summed E-state index contributed by atoms with van der Waals surface area (Å²) in [5.41, 5.74) is 0.0606. The molecule has 0 saturated carbocycles. The third kappa shape index (κ3) is 5.20. The molecule has 10 heteroatoms. The standard InChI is InChI=1S/C13H12ClF3N3O2P/c1-23(21,22)7-8-2-4-9(5-3-8)19-12-18-6-10(11(14)20-12)13(15,16)17/h2-6H,7H2,1H3,(H,21,22)(H,18,19,20). The summed E-state index contributed by atoms with van der Waals surface area (Å²) >= 11 is 5.51. The van der Waals surface area contributed by atoms with Gasteiger partial charge in [-0.05, 0) is 17.7 Å². The zero-order chi connectivity index (χ0) is 17.3. The lowest BCUT2D eigenvalue weighted by Gasteiger charge is -2.10. The SMILES string of the molecule is CP(=O)(O)Cc1ccc(Nc2ncc(C(F)(F)F)c(Cl)n2)cc1. The first-order chi connectivity index (χ1) is 10.5. The molecule has 0 radical (unpaired) electrons. The number of halogens is 4. The summed E-state index contributed by atoms with van der Waals surface area (Å²) in [6, 6.07) is 6.45. The molecule has 0 aliphatic heterocycles. The Kier molecular flexibility index (Phi) is 4.98. The van der Waals surface area contributed by atoms with E-state index in [4.69, 9.17) is 11.6 Å². The number of rotatable bonds is 4. The summed E-state index contributed by atoms with van der Waals surface area (Å²) in [4.78, 5) is 16.4. The Morgan fingerprint density at radius 3 is 2.39 bits per heavy atom. The van der Waals surface area contributed by atoms with Crippen molar-refractivity contribution < 1.29 is 22.6 Å². The lowest BCUT2D eigenvalue weighted by Crippen LogP contribution is -2.09. The second-order valence-electron chi connectivity index (χ2n) is 4.93. The maximum absolute atomic E-state index is 12.6. The Morgan fingerprint density at radius 2 is 1.91 bits per heavy atom. The Balaban J connectivity index is 2.14. The molecule has 1 aromatic heterocycles. The van der Waals surface area contributed by atoms with Gasteiger partial charge in [-0.2, -0.15) is 13.2 Å². The largest absolute Gasteiger partial charge is 0.420 e. The molecule has 0 fully saturated rings. The smallest absolute Gasteiger partial charge is 0.344 e. The summed E-state index contributed by atoms with van der Waals surface area (Å²) in [7, 11) is -3.17. The normalized spacial score (nSPS) is 14.3. The minimum absolute atomic E-state index is 0.0376. The minimum atomic E-state index is -4.62. The summed E-state index contributed by atoms with van der Waals surface area (Å²) in [6.07, 6.45) is -3.98. The fraction of sp³-hybridized carbons (Fsp3) is 0.231. The molecule has 2 rings (SSSR count). The van der Waals surface area contributed by atoms with E-state index in [1.54, 1.807) is 24.3 Å². The molecule has 23 heavy (non-hydrogen) atoms. The molecule has 0 spiro atoms. The van der Waals surface area contributed by atoms with Crippen LogP contribution in [0.15, 0.2) is 30.5 Å². The van der Waals surface area contributed by atoms with Crippen molar-refractivity contribution in [1.82, 2.24) is 9.97 Å². The molecular formula is C13H12ClF3N3O2P. The number of hydrogen-bond acceptors (Lipinski definition) is 4. The first kappa shape index (κ1) is 17.7. The van der Waals surface area contributed by atoms with Crippen LogP contribution in [0.5, 0.6) is 0 Å². The van der Waals surface area contributed by atoms with Crippen molar-refractivity contribution >= 4 is 30.6 Å². The van der Waals surface area contributed by atoms with Crippen LogP contribution in [0.3, 0.4) is 0 Å². The van der Waals surface area contributed by atoms with Gasteiger partial charge in [0, 0.05) is 24.7 Å². The number of nitrogens with one attached hydrogen (secondary N) is 1. The van der Waals surface area contributed by atoms with E-state index in [1.165, 1.54) is 6.66 Å². The van der Waals surface area contributed by atoms with Gasteiger partial charge in [0.15, 0.2) is 0 Å². The third-order valence-electron chi connectivity index (χ3n) is 2.73. The lowest BCUT2D eigenvalue weighted by atomic mass is 10.2. The van der Waals surface area contributed by atoms with E-state index in [2.05, 4.69) is 15.3 Å². The van der Waals surface area contributed by atoms with Gasteiger partial charge in [-0.25, -0.2) is 9.97 Å². The molecule has 0 amide bonds. The number of anilines is 2.